The van der Waals surface area contributed by atoms with E-state index in [2.05, 4.69) is 30.2 Å². The van der Waals surface area contributed by atoms with Crippen molar-refractivity contribution in [1.29, 1.82) is 0 Å². The molecule has 0 bridgehead atoms. The van der Waals surface area contributed by atoms with Crippen LogP contribution in [-0.4, -0.2) is 40.9 Å². The van der Waals surface area contributed by atoms with Crippen molar-refractivity contribution in [2.75, 3.05) is 7.05 Å². The van der Waals surface area contributed by atoms with Crippen molar-refractivity contribution in [2.24, 2.45) is 0 Å². The van der Waals surface area contributed by atoms with Crippen LogP contribution in [0.15, 0.2) is 0 Å². The maximum atomic E-state index is 4.45. The second kappa shape index (κ2) is 10.2. The zero-order valence-electron chi connectivity index (χ0n) is 3.56. The Bertz CT molecular complexity index is 49.0. The van der Waals surface area contributed by atoms with Crippen LogP contribution in [-0.2, 0) is 0 Å². The Morgan fingerprint density at radius 1 is 1.71 bits per heavy atom. The summed E-state index contributed by atoms with van der Waals surface area (Å²) >= 11 is 8.17. The average Bonchev–Trinajstić information content (AvgIpc) is 1.38. The molecule has 0 spiro atoms. The first-order valence-electron chi connectivity index (χ1n) is 1.18. The summed E-state index contributed by atoms with van der Waals surface area (Å²) in [5.41, 5.74) is 0. The van der Waals surface area contributed by atoms with E-state index in [4.69, 9.17) is 0 Å². The summed E-state index contributed by atoms with van der Waals surface area (Å²) in [7, 11) is 1.73. The first kappa shape index (κ1) is 15.7. The summed E-state index contributed by atoms with van der Waals surface area (Å²) < 4.78 is 0.532. The number of hydrogen-bond acceptors (Lipinski definition) is 2. The van der Waals surface area contributed by atoms with Gasteiger partial charge in [0.05, 0.1) is 0 Å². The molecule has 0 aromatic rings. The fraction of sp³-hybridized carbons (Fsp3) is 0.500. The number of nitrogens with one attached hydrogen (secondary N) is 1. The molecule has 0 rings (SSSR count). The third-order valence-corrected chi connectivity index (χ3v) is 0.642. The molecule has 0 heterocycles. The number of thiocarbonyl (C=S) groups is 1. The van der Waals surface area contributed by atoms with Gasteiger partial charge in [-0.25, -0.2) is 0 Å². The number of hydrogen-bond donors (Lipinski definition) is 3. The van der Waals surface area contributed by atoms with Crippen LogP contribution >= 0.6 is 24.8 Å². The van der Waals surface area contributed by atoms with Crippen LogP contribution in [0.4, 0.5) is 0 Å². The standard InChI is InChI=1S/C2H5NS2.H3N.Na.H/c1-3-2(4)5;;;/h1H3,(H2,3,4,5);1H3;;. The third kappa shape index (κ3) is 19.0. The quantitative estimate of drug-likeness (QED) is 0.256. The second-order valence-corrected chi connectivity index (χ2v) is 1.71. The molecule has 0 radical (unpaired) electrons. The summed E-state index contributed by atoms with van der Waals surface area (Å²) in [5.74, 6) is 0. The van der Waals surface area contributed by atoms with E-state index in [0.29, 0.717) is 4.32 Å². The van der Waals surface area contributed by atoms with Gasteiger partial charge >= 0.3 is 29.6 Å². The minimum absolute atomic E-state index is 0. The van der Waals surface area contributed by atoms with Crippen LogP contribution in [0.2, 0.25) is 0 Å². The van der Waals surface area contributed by atoms with E-state index in [1.54, 1.807) is 7.05 Å². The van der Waals surface area contributed by atoms with Gasteiger partial charge in [-0.05, 0) is 0 Å². The Labute approximate surface area is 76.7 Å². The molecule has 5 heteroatoms. The average molecular weight is 148 g/mol. The Hall–Kier alpha value is 1.20. The molecule has 0 aliphatic heterocycles. The third-order valence-electron chi connectivity index (χ3n) is 0.214. The van der Waals surface area contributed by atoms with Crippen LogP contribution in [0.25, 0.3) is 0 Å². The van der Waals surface area contributed by atoms with E-state index in [1.165, 1.54) is 0 Å². The zero-order chi connectivity index (χ0) is 4.28. The molecular weight excluding hydrogens is 139 g/mol. The van der Waals surface area contributed by atoms with Gasteiger partial charge in [0.15, 0.2) is 0 Å². The molecule has 0 aromatic heterocycles. The number of thiol groups is 1. The van der Waals surface area contributed by atoms with Gasteiger partial charge in [-0.2, -0.15) is 0 Å². The van der Waals surface area contributed by atoms with Crippen LogP contribution < -0.4 is 11.5 Å². The fourth-order valence-electron chi connectivity index (χ4n) is 0. The first-order chi connectivity index (χ1) is 2.27. The second-order valence-electron chi connectivity index (χ2n) is 0.555. The van der Waals surface area contributed by atoms with Gasteiger partial charge in [-0.3, -0.25) is 0 Å². The molecule has 0 aliphatic carbocycles. The SMILES string of the molecule is CNC(=S)S.N.[NaH]. The van der Waals surface area contributed by atoms with E-state index in [1.807, 2.05) is 0 Å². The molecule has 0 aliphatic rings. The van der Waals surface area contributed by atoms with Crippen molar-refractivity contribution in [3.63, 3.8) is 0 Å². The van der Waals surface area contributed by atoms with E-state index in [9.17, 15) is 0 Å². The summed E-state index contributed by atoms with van der Waals surface area (Å²) in [5, 5.41) is 2.62. The van der Waals surface area contributed by atoms with E-state index >= 15 is 0 Å². The monoisotopic (exact) mass is 148 g/mol. The van der Waals surface area contributed by atoms with Crippen LogP contribution in [0.1, 0.15) is 0 Å². The van der Waals surface area contributed by atoms with Crippen molar-refractivity contribution < 1.29 is 0 Å². The molecule has 2 nitrogen and oxygen atoms in total. The molecule has 0 unspecified atom stereocenters. The van der Waals surface area contributed by atoms with Crippen LogP contribution in [0.3, 0.4) is 0 Å². The van der Waals surface area contributed by atoms with E-state index in [0.717, 1.165) is 0 Å². The first-order valence-corrected chi connectivity index (χ1v) is 2.03. The molecule has 0 fully saturated rings. The van der Waals surface area contributed by atoms with Gasteiger partial charge in [-0.1, -0.05) is 12.2 Å². The molecule has 0 atom stereocenters. The molecule has 7 heavy (non-hydrogen) atoms. The molecular formula is C2H9N2NaS2. The Balaban J connectivity index is -0.0000000800. The van der Waals surface area contributed by atoms with Crippen LogP contribution in [0.5, 0.6) is 0 Å². The topological polar surface area (TPSA) is 47.0 Å². The Kier molecular flexibility index (Phi) is 23.0. The van der Waals surface area contributed by atoms with Crippen molar-refractivity contribution in [3.8, 4) is 0 Å². The van der Waals surface area contributed by atoms with Gasteiger partial charge in [0.2, 0.25) is 0 Å². The van der Waals surface area contributed by atoms with Crippen molar-refractivity contribution in [1.82, 2.24) is 11.5 Å². The minimum atomic E-state index is 0. The van der Waals surface area contributed by atoms with Crippen LogP contribution in [0, 0.1) is 0 Å². The molecule has 0 saturated heterocycles. The zero-order valence-corrected chi connectivity index (χ0v) is 5.27. The summed E-state index contributed by atoms with van der Waals surface area (Å²) in [6.45, 7) is 0. The fourth-order valence-corrected chi connectivity index (χ4v) is 0. The molecule has 0 aromatic carbocycles. The summed E-state index contributed by atoms with van der Waals surface area (Å²) in [6.07, 6.45) is 0. The van der Waals surface area contributed by atoms with Gasteiger partial charge in [0.25, 0.3) is 0 Å². The maximum absolute atomic E-state index is 4.45. The molecule has 40 valence electrons. The van der Waals surface area contributed by atoms with Gasteiger partial charge < -0.3 is 11.5 Å². The molecule has 0 amide bonds. The molecule has 0 saturated carbocycles. The predicted octanol–water partition coefficient (Wildman–Crippen LogP) is -0.0660. The summed E-state index contributed by atoms with van der Waals surface area (Å²) in [4.78, 5) is 0. The predicted molar refractivity (Wildman–Crippen MR) is 42.8 cm³/mol. The van der Waals surface area contributed by atoms with Crippen molar-refractivity contribution in [3.05, 3.63) is 0 Å². The number of rotatable bonds is 0. The summed E-state index contributed by atoms with van der Waals surface area (Å²) in [6, 6.07) is 0. The normalized spacial score (nSPS) is 4.86. The Morgan fingerprint density at radius 2 is 1.86 bits per heavy atom. The van der Waals surface area contributed by atoms with Crippen molar-refractivity contribution in [2.45, 2.75) is 0 Å². The van der Waals surface area contributed by atoms with E-state index < -0.39 is 0 Å². The van der Waals surface area contributed by atoms with Gasteiger partial charge in [-0.15, -0.1) is 12.6 Å². The Morgan fingerprint density at radius 3 is 1.86 bits per heavy atom. The van der Waals surface area contributed by atoms with Gasteiger partial charge in [0.1, 0.15) is 4.32 Å². The van der Waals surface area contributed by atoms with E-state index in [-0.39, 0.29) is 35.7 Å². The molecule has 4 N–H and O–H groups in total. The van der Waals surface area contributed by atoms with Gasteiger partial charge in [0, 0.05) is 7.05 Å². The van der Waals surface area contributed by atoms with Crippen molar-refractivity contribution >= 4 is 58.7 Å².